The third kappa shape index (κ3) is 5.62. The molecule has 0 aliphatic heterocycles. The lowest BCUT2D eigenvalue weighted by Crippen LogP contribution is -2.31. The van der Waals surface area contributed by atoms with Crippen molar-refractivity contribution in [3.63, 3.8) is 0 Å². The maximum atomic E-state index is 12.7. The molecule has 0 saturated heterocycles. The molecule has 0 saturated carbocycles. The first-order chi connectivity index (χ1) is 14.0. The van der Waals surface area contributed by atoms with Gasteiger partial charge in [-0.3, -0.25) is 9.59 Å². The van der Waals surface area contributed by atoms with Crippen LogP contribution in [0.2, 0.25) is 0 Å². The lowest BCUT2D eigenvalue weighted by molar-refractivity contribution is -0.114. The van der Waals surface area contributed by atoms with Crippen molar-refractivity contribution < 1.29 is 9.59 Å². The van der Waals surface area contributed by atoms with Crippen LogP contribution in [0, 0.1) is 0 Å². The van der Waals surface area contributed by atoms with Crippen LogP contribution in [0.5, 0.6) is 0 Å². The Hall–Kier alpha value is -3.74. The molecule has 0 bridgehead atoms. The molecule has 3 rings (SSSR count). The van der Waals surface area contributed by atoms with E-state index in [1.807, 2.05) is 49.4 Å². The van der Waals surface area contributed by atoms with Gasteiger partial charge in [-0.15, -0.1) is 10.2 Å². The van der Waals surface area contributed by atoms with Crippen LogP contribution in [0.3, 0.4) is 0 Å². The number of amides is 2. The van der Waals surface area contributed by atoms with Gasteiger partial charge in [-0.2, -0.15) is 0 Å². The Morgan fingerprint density at radius 3 is 2.17 bits per heavy atom. The van der Waals surface area contributed by atoms with Crippen LogP contribution in [-0.2, 0) is 11.3 Å². The average molecular weight is 389 g/mol. The second-order valence-corrected chi connectivity index (χ2v) is 6.49. The minimum absolute atomic E-state index is 0.120. The number of carbonyl (C=O) groups excluding carboxylic acids is 2. The SMILES string of the molecule is CCN(Cc1ccccc1)C(=O)c1ccc(Nc2ccc(NC(C)=O)cc2)nn1. The van der Waals surface area contributed by atoms with E-state index in [2.05, 4.69) is 20.8 Å². The van der Waals surface area contributed by atoms with Crippen LogP contribution >= 0.6 is 0 Å². The van der Waals surface area contributed by atoms with Crippen molar-refractivity contribution in [1.82, 2.24) is 15.1 Å². The number of anilines is 3. The summed E-state index contributed by atoms with van der Waals surface area (Å²) in [4.78, 5) is 25.5. The largest absolute Gasteiger partial charge is 0.339 e. The molecule has 3 aromatic rings. The van der Waals surface area contributed by atoms with Gasteiger partial charge in [0, 0.05) is 31.4 Å². The van der Waals surface area contributed by atoms with Gasteiger partial charge < -0.3 is 15.5 Å². The van der Waals surface area contributed by atoms with Gasteiger partial charge in [0.15, 0.2) is 11.5 Å². The number of benzene rings is 2. The van der Waals surface area contributed by atoms with E-state index in [9.17, 15) is 9.59 Å². The van der Waals surface area contributed by atoms with Crippen LogP contribution in [-0.4, -0.2) is 33.5 Å². The monoisotopic (exact) mass is 389 g/mol. The molecule has 7 heteroatoms. The van der Waals surface area contributed by atoms with Gasteiger partial charge in [-0.1, -0.05) is 30.3 Å². The van der Waals surface area contributed by atoms with Gasteiger partial charge in [0.25, 0.3) is 5.91 Å². The molecule has 0 aliphatic carbocycles. The summed E-state index contributed by atoms with van der Waals surface area (Å²) >= 11 is 0. The molecule has 0 radical (unpaired) electrons. The standard InChI is InChI=1S/C22H23N5O2/c1-3-27(15-17-7-5-4-6-8-17)22(29)20-13-14-21(26-25-20)24-19-11-9-18(10-12-19)23-16(2)28/h4-14H,3,15H2,1-2H3,(H,23,28)(H,24,26). The van der Waals surface area contributed by atoms with E-state index in [0.29, 0.717) is 30.3 Å². The van der Waals surface area contributed by atoms with Crippen molar-refractivity contribution in [2.45, 2.75) is 20.4 Å². The number of rotatable bonds is 7. The van der Waals surface area contributed by atoms with Crippen molar-refractivity contribution in [1.29, 1.82) is 0 Å². The first kappa shape index (κ1) is 20.0. The predicted molar refractivity (Wildman–Crippen MR) is 113 cm³/mol. The molecule has 29 heavy (non-hydrogen) atoms. The molecular formula is C22H23N5O2. The van der Waals surface area contributed by atoms with Gasteiger partial charge >= 0.3 is 0 Å². The number of carbonyl (C=O) groups is 2. The van der Waals surface area contributed by atoms with Crippen LogP contribution < -0.4 is 10.6 Å². The summed E-state index contributed by atoms with van der Waals surface area (Å²) in [6.45, 7) is 4.51. The summed E-state index contributed by atoms with van der Waals surface area (Å²) in [6.07, 6.45) is 0. The number of nitrogens with one attached hydrogen (secondary N) is 2. The first-order valence-corrected chi connectivity index (χ1v) is 9.36. The van der Waals surface area contributed by atoms with E-state index in [0.717, 1.165) is 11.3 Å². The maximum absolute atomic E-state index is 12.7. The Morgan fingerprint density at radius 2 is 1.59 bits per heavy atom. The molecule has 2 amide bonds. The first-order valence-electron chi connectivity index (χ1n) is 9.36. The summed E-state index contributed by atoms with van der Waals surface area (Å²) in [5.74, 6) is 0.250. The molecule has 0 spiro atoms. The summed E-state index contributed by atoms with van der Waals surface area (Å²) in [5.41, 5.74) is 2.88. The van der Waals surface area contributed by atoms with Gasteiger partial charge in [-0.25, -0.2) is 0 Å². The fourth-order valence-corrected chi connectivity index (χ4v) is 2.79. The van der Waals surface area contributed by atoms with Crippen molar-refractivity contribution in [2.24, 2.45) is 0 Å². The second-order valence-electron chi connectivity index (χ2n) is 6.49. The Morgan fingerprint density at radius 1 is 0.897 bits per heavy atom. The fraction of sp³-hybridized carbons (Fsp3) is 0.182. The van der Waals surface area contributed by atoms with Crippen LogP contribution in [0.1, 0.15) is 29.9 Å². The topological polar surface area (TPSA) is 87.2 Å². The maximum Gasteiger partial charge on any atom is 0.274 e. The molecular weight excluding hydrogens is 366 g/mol. The smallest absolute Gasteiger partial charge is 0.274 e. The third-order valence-electron chi connectivity index (χ3n) is 4.25. The quantitative estimate of drug-likeness (QED) is 0.641. The highest BCUT2D eigenvalue weighted by atomic mass is 16.2. The van der Waals surface area contributed by atoms with Crippen molar-refractivity contribution in [2.75, 3.05) is 17.2 Å². The molecule has 0 atom stereocenters. The predicted octanol–water partition coefficient (Wildman–Crippen LogP) is 3.84. The Bertz CT molecular complexity index is 957. The molecule has 0 fully saturated rings. The Balaban J connectivity index is 1.64. The fourth-order valence-electron chi connectivity index (χ4n) is 2.79. The van der Waals surface area contributed by atoms with Crippen molar-refractivity contribution in [3.05, 3.63) is 78.0 Å². The van der Waals surface area contributed by atoms with E-state index in [1.54, 1.807) is 29.2 Å². The summed E-state index contributed by atoms with van der Waals surface area (Å²) < 4.78 is 0. The molecule has 148 valence electrons. The highest BCUT2D eigenvalue weighted by Crippen LogP contribution is 2.17. The van der Waals surface area contributed by atoms with Gasteiger partial charge in [0.2, 0.25) is 5.91 Å². The lowest BCUT2D eigenvalue weighted by Gasteiger charge is -2.20. The van der Waals surface area contributed by atoms with Crippen LogP contribution in [0.4, 0.5) is 17.2 Å². The van der Waals surface area contributed by atoms with Crippen LogP contribution in [0.25, 0.3) is 0 Å². The van der Waals surface area contributed by atoms with Crippen molar-refractivity contribution in [3.8, 4) is 0 Å². The van der Waals surface area contributed by atoms with E-state index < -0.39 is 0 Å². The molecule has 2 aromatic carbocycles. The molecule has 7 nitrogen and oxygen atoms in total. The lowest BCUT2D eigenvalue weighted by atomic mass is 10.2. The van der Waals surface area contributed by atoms with E-state index >= 15 is 0 Å². The Labute approximate surface area is 169 Å². The van der Waals surface area contributed by atoms with E-state index in [4.69, 9.17) is 0 Å². The Kier molecular flexibility index (Phi) is 6.52. The number of hydrogen-bond acceptors (Lipinski definition) is 5. The molecule has 0 unspecified atom stereocenters. The molecule has 1 aromatic heterocycles. The summed E-state index contributed by atoms with van der Waals surface area (Å²) in [5, 5.41) is 14.0. The second kappa shape index (κ2) is 9.45. The zero-order valence-corrected chi connectivity index (χ0v) is 16.4. The van der Waals surface area contributed by atoms with Crippen molar-refractivity contribution >= 4 is 29.0 Å². The van der Waals surface area contributed by atoms with E-state index in [-0.39, 0.29) is 11.8 Å². The van der Waals surface area contributed by atoms with Crippen LogP contribution in [0.15, 0.2) is 66.7 Å². The van der Waals surface area contributed by atoms with Gasteiger partial charge in [0.05, 0.1) is 0 Å². The number of nitrogens with zero attached hydrogens (tertiary/aromatic N) is 3. The van der Waals surface area contributed by atoms with E-state index in [1.165, 1.54) is 6.92 Å². The minimum Gasteiger partial charge on any atom is -0.339 e. The zero-order valence-electron chi connectivity index (χ0n) is 16.4. The zero-order chi connectivity index (χ0) is 20.6. The van der Waals surface area contributed by atoms with Gasteiger partial charge in [-0.05, 0) is 48.9 Å². The molecule has 2 N–H and O–H groups in total. The number of hydrogen-bond donors (Lipinski definition) is 2. The normalized spacial score (nSPS) is 10.3. The molecule has 0 aliphatic rings. The highest BCUT2D eigenvalue weighted by Gasteiger charge is 2.16. The summed E-state index contributed by atoms with van der Waals surface area (Å²) in [7, 11) is 0. The minimum atomic E-state index is -0.157. The molecule has 1 heterocycles. The average Bonchev–Trinajstić information content (AvgIpc) is 2.74. The van der Waals surface area contributed by atoms with Gasteiger partial charge in [0.1, 0.15) is 0 Å². The highest BCUT2D eigenvalue weighted by molar-refractivity contribution is 5.92. The third-order valence-corrected chi connectivity index (χ3v) is 4.25. The summed E-state index contributed by atoms with van der Waals surface area (Å²) in [6, 6.07) is 20.5. The number of aromatic nitrogens is 2.